The van der Waals surface area contributed by atoms with E-state index in [4.69, 9.17) is 4.74 Å². The molecule has 0 spiro atoms. The van der Waals surface area contributed by atoms with Crippen LogP contribution in [0.2, 0.25) is 0 Å². The molecule has 2 aliphatic rings. The number of hydrogen-bond acceptors (Lipinski definition) is 4. The van der Waals surface area contributed by atoms with E-state index in [1.807, 2.05) is 0 Å². The van der Waals surface area contributed by atoms with Crippen molar-refractivity contribution in [3.8, 4) is 0 Å². The maximum absolute atomic E-state index is 11.3. The Morgan fingerprint density at radius 2 is 1.93 bits per heavy atom. The number of nitrogens with zero attached hydrogens (tertiary/aromatic N) is 1. The van der Waals surface area contributed by atoms with Crippen LogP contribution < -0.4 is 5.32 Å². The molecule has 154 valence electrons. The molecule has 0 heterocycles. The number of nitrogens with one attached hydrogen (secondary N) is 1. The summed E-state index contributed by atoms with van der Waals surface area (Å²) in [6.45, 7) is 3.07. The first-order valence-corrected chi connectivity index (χ1v) is 10.9. The number of carbonyl (C=O) groups is 1. The van der Waals surface area contributed by atoms with Gasteiger partial charge in [-0.3, -0.25) is 4.79 Å². The lowest BCUT2D eigenvalue weighted by atomic mass is 9.90. The van der Waals surface area contributed by atoms with Crippen molar-refractivity contribution in [3.63, 3.8) is 0 Å². The summed E-state index contributed by atoms with van der Waals surface area (Å²) < 4.78 is 4.75. The summed E-state index contributed by atoms with van der Waals surface area (Å²) in [5, 5.41) is 3.93. The third kappa shape index (κ3) is 5.92. The Hall–Kier alpha value is -1.65. The SMILES string of the molecule is CCC(=Cc1ccccc1)C1CC1NC1CCC(N(C)CCC(=O)OC)CC1. The fourth-order valence-corrected chi connectivity index (χ4v) is 4.56. The summed E-state index contributed by atoms with van der Waals surface area (Å²) >= 11 is 0. The van der Waals surface area contributed by atoms with Gasteiger partial charge >= 0.3 is 5.97 Å². The van der Waals surface area contributed by atoms with E-state index < -0.39 is 0 Å². The van der Waals surface area contributed by atoms with Crippen LogP contribution in [0.5, 0.6) is 0 Å². The van der Waals surface area contributed by atoms with E-state index in [0.29, 0.717) is 30.5 Å². The van der Waals surface area contributed by atoms with Crippen molar-refractivity contribution in [1.29, 1.82) is 0 Å². The molecule has 0 saturated heterocycles. The number of benzene rings is 1. The van der Waals surface area contributed by atoms with Gasteiger partial charge in [0.05, 0.1) is 13.5 Å². The minimum Gasteiger partial charge on any atom is -0.469 e. The zero-order chi connectivity index (χ0) is 19.9. The van der Waals surface area contributed by atoms with Gasteiger partial charge in [-0.25, -0.2) is 0 Å². The number of esters is 1. The van der Waals surface area contributed by atoms with E-state index in [9.17, 15) is 4.79 Å². The Kier molecular flexibility index (Phi) is 7.69. The van der Waals surface area contributed by atoms with E-state index in [1.165, 1.54) is 44.8 Å². The quantitative estimate of drug-likeness (QED) is 0.646. The highest BCUT2D eigenvalue weighted by Crippen LogP contribution is 2.40. The standard InChI is InChI=1S/C24H36N2O2/c1-4-19(16-18-8-6-5-7-9-18)22-17-23(22)25-20-10-12-21(13-11-20)26(2)15-14-24(27)28-3/h5-9,16,20-23,25H,4,10-15,17H2,1-3H3. The minimum absolute atomic E-state index is 0.114. The van der Waals surface area contributed by atoms with Crippen LogP contribution >= 0.6 is 0 Å². The van der Waals surface area contributed by atoms with Crippen LogP contribution in [-0.2, 0) is 9.53 Å². The van der Waals surface area contributed by atoms with Crippen LogP contribution in [0.25, 0.3) is 6.08 Å². The Balaban J connectivity index is 1.41. The second kappa shape index (κ2) is 10.2. The minimum atomic E-state index is -0.114. The van der Waals surface area contributed by atoms with Crippen LogP contribution in [0, 0.1) is 5.92 Å². The van der Waals surface area contributed by atoms with Crippen LogP contribution in [0.15, 0.2) is 35.9 Å². The van der Waals surface area contributed by atoms with Gasteiger partial charge in [0.15, 0.2) is 0 Å². The maximum Gasteiger partial charge on any atom is 0.306 e. The summed E-state index contributed by atoms with van der Waals surface area (Å²) in [5.74, 6) is 0.600. The molecule has 2 fully saturated rings. The van der Waals surface area contributed by atoms with Gasteiger partial charge in [0.2, 0.25) is 0 Å². The molecule has 0 bridgehead atoms. The normalized spacial score (nSPS) is 27.6. The first-order chi connectivity index (χ1) is 13.6. The fraction of sp³-hybridized carbons (Fsp3) is 0.625. The third-order valence-corrected chi connectivity index (χ3v) is 6.49. The van der Waals surface area contributed by atoms with Crippen molar-refractivity contribution in [2.75, 3.05) is 20.7 Å². The van der Waals surface area contributed by atoms with Gasteiger partial charge in [0.1, 0.15) is 0 Å². The lowest BCUT2D eigenvalue weighted by molar-refractivity contribution is -0.141. The van der Waals surface area contributed by atoms with Crippen molar-refractivity contribution in [3.05, 3.63) is 41.5 Å². The Bertz CT molecular complexity index is 650. The van der Waals surface area contributed by atoms with Gasteiger partial charge in [0, 0.05) is 24.7 Å². The number of ether oxygens (including phenoxy) is 1. The molecule has 0 aromatic heterocycles. The molecule has 2 atom stereocenters. The third-order valence-electron chi connectivity index (χ3n) is 6.49. The van der Waals surface area contributed by atoms with Gasteiger partial charge in [-0.2, -0.15) is 0 Å². The molecular formula is C24H36N2O2. The predicted molar refractivity (Wildman–Crippen MR) is 115 cm³/mol. The monoisotopic (exact) mass is 384 g/mol. The van der Waals surface area contributed by atoms with E-state index in [0.717, 1.165) is 13.0 Å². The zero-order valence-electron chi connectivity index (χ0n) is 17.7. The van der Waals surface area contributed by atoms with Crippen LogP contribution in [0.4, 0.5) is 0 Å². The fourth-order valence-electron chi connectivity index (χ4n) is 4.56. The van der Waals surface area contributed by atoms with E-state index in [1.54, 1.807) is 5.57 Å². The molecule has 2 aliphatic carbocycles. The molecule has 4 nitrogen and oxygen atoms in total. The van der Waals surface area contributed by atoms with Crippen molar-refractivity contribution >= 4 is 12.0 Å². The van der Waals surface area contributed by atoms with Gasteiger partial charge < -0.3 is 15.0 Å². The molecule has 3 rings (SSSR count). The number of hydrogen-bond donors (Lipinski definition) is 1. The zero-order valence-corrected chi connectivity index (χ0v) is 17.7. The summed E-state index contributed by atoms with van der Waals surface area (Å²) in [6.07, 6.45) is 10.2. The molecular weight excluding hydrogens is 348 g/mol. The Labute approximate surface area is 170 Å². The second-order valence-corrected chi connectivity index (χ2v) is 8.41. The summed E-state index contributed by atoms with van der Waals surface area (Å²) in [6, 6.07) is 12.6. The average Bonchev–Trinajstić information content (AvgIpc) is 3.50. The van der Waals surface area contributed by atoms with Crippen molar-refractivity contribution in [2.24, 2.45) is 5.92 Å². The number of methoxy groups -OCH3 is 1. The molecule has 4 heteroatoms. The van der Waals surface area contributed by atoms with E-state index in [-0.39, 0.29) is 5.97 Å². The Morgan fingerprint density at radius 1 is 1.21 bits per heavy atom. The van der Waals surface area contributed by atoms with Crippen LogP contribution in [0.3, 0.4) is 0 Å². The maximum atomic E-state index is 11.3. The smallest absolute Gasteiger partial charge is 0.306 e. The highest BCUT2D eigenvalue weighted by atomic mass is 16.5. The summed E-state index contributed by atoms with van der Waals surface area (Å²) in [4.78, 5) is 13.7. The first kappa shape index (κ1) is 21.1. The molecule has 2 saturated carbocycles. The molecule has 0 amide bonds. The Morgan fingerprint density at radius 3 is 2.57 bits per heavy atom. The molecule has 1 N–H and O–H groups in total. The number of carbonyl (C=O) groups excluding carboxylic acids is 1. The number of rotatable bonds is 9. The molecule has 1 aromatic rings. The van der Waals surface area contributed by atoms with E-state index in [2.05, 4.69) is 60.6 Å². The molecule has 28 heavy (non-hydrogen) atoms. The van der Waals surface area contributed by atoms with Crippen molar-refractivity contribution < 1.29 is 9.53 Å². The summed E-state index contributed by atoms with van der Waals surface area (Å²) in [7, 11) is 3.60. The highest BCUT2D eigenvalue weighted by molar-refractivity contribution is 5.69. The second-order valence-electron chi connectivity index (χ2n) is 8.41. The largest absolute Gasteiger partial charge is 0.469 e. The predicted octanol–water partition coefficient (Wildman–Crippen LogP) is 4.26. The van der Waals surface area contributed by atoms with Crippen LogP contribution in [0.1, 0.15) is 57.4 Å². The lowest BCUT2D eigenvalue weighted by Gasteiger charge is -2.35. The van der Waals surface area contributed by atoms with Gasteiger partial charge in [-0.1, -0.05) is 48.9 Å². The van der Waals surface area contributed by atoms with E-state index >= 15 is 0 Å². The van der Waals surface area contributed by atoms with Gasteiger partial charge in [-0.15, -0.1) is 0 Å². The molecule has 0 aliphatic heterocycles. The first-order valence-electron chi connectivity index (χ1n) is 10.9. The average molecular weight is 385 g/mol. The summed E-state index contributed by atoms with van der Waals surface area (Å²) in [5.41, 5.74) is 2.90. The van der Waals surface area contributed by atoms with Crippen molar-refractivity contribution in [1.82, 2.24) is 10.2 Å². The lowest BCUT2D eigenvalue weighted by Crippen LogP contribution is -2.42. The van der Waals surface area contributed by atoms with Crippen LogP contribution in [-0.4, -0.2) is 49.7 Å². The topological polar surface area (TPSA) is 41.6 Å². The van der Waals surface area contributed by atoms with Gasteiger partial charge in [0.25, 0.3) is 0 Å². The highest BCUT2D eigenvalue weighted by Gasteiger charge is 2.40. The molecule has 0 radical (unpaired) electrons. The molecule has 2 unspecified atom stereocenters. The van der Waals surface area contributed by atoms with Gasteiger partial charge in [-0.05, 0) is 57.1 Å². The van der Waals surface area contributed by atoms with Crippen molar-refractivity contribution in [2.45, 2.75) is 70.0 Å². The molecule has 1 aromatic carbocycles.